The lowest BCUT2D eigenvalue weighted by molar-refractivity contribution is 0.412. The maximum Gasteiger partial charge on any atom is 0.149 e. The van der Waals surface area contributed by atoms with Crippen LogP contribution in [0, 0.1) is 25.2 Å². The topological polar surface area (TPSA) is 57.7 Å². The number of nitrogens with zero attached hydrogens (tertiary/aromatic N) is 3. The molecule has 0 heterocycles. The number of azo groups is 1. The third-order valence-corrected chi connectivity index (χ3v) is 2.89. The second-order valence-electron chi connectivity index (χ2n) is 4.46. The van der Waals surface area contributed by atoms with Crippen LogP contribution >= 0.6 is 0 Å². The lowest BCUT2D eigenvalue weighted by atomic mass is 10.1. The zero-order valence-corrected chi connectivity index (χ0v) is 11.7. The highest BCUT2D eigenvalue weighted by Crippen LogP contribution is 2.33. The van der Waals surface area contributed by atoms with E-state index >= 15 is 0 Å². The summed E-state index contributed by atoms with van der Waals surface area (Å²) < 4.78 is 5.36. The summed E-state index contributed by atoms with van der Waals surface area (Å²) in [5, 5.41) is 17.4. The molecule has 0 amide bonds. The van der Waals surface area contributed by atoms with E-state index in [4.69, 9.17) is 10.00 Å². The highest BCUT2D eigenvalue weighted by atomic mass is 16.5. The van der Waals surface area contributed by atoms with Gasteiger partial charge in [0.25, 0.3) is 0 Å². The summed E-state index contributed by atoms with van der Waals surface area (Å²) in [4.78, 5) is 0. The Labute approximate surface area is 118 Å². The second-order valence-corrected chi connectivity index (χ2v) is 4.46. The highest BCUT2D eigenvalue weighted by Gasteiger charge is 2.07. The summed E-state index contributed by atoms with van der Waals surface area (Å²) in [6, 6.07) is 13.1. The van der Waals surface area contributed by atoms with Crippen molar-refractivity contribution in [3.63, 3.8) is 0 Å². The molecule has 100 valence electrons. The standard InChI is InChI=1S/C16H15N3O/c1-11-8-12(2)16(20-3)15(9-11)19-18-14-7-5-4-6-13(14)10-17/h4-9H,1-3H3. The van der Waals surface area contributed by atoms with Crippen LogP contribution < -0.4 is 4.74 Å². The Hall–Kier alpha value is -2.67. The van der Waals surface area contributed by atoms with E-state index in [-0.39, 0.29) is 0 Å². The number of aryl methyl sites for hydroxylation is 2. The maximum atomic E-state index is 9.03. The summed E-state index contributed by atoms with van der Waals surface area (Å²) in [5.74, 6) is 0.703. The van der Waals surface area contributed by atoms with Gasteiger partial charge in [-0.1, -0.05) is 18.2 Å². The average molecular weight is 265 g/mol. The molecule has 0 saturated carbocycles. The molecular formula is C16H15N3O. The first-order valence-electron chi connectivity index (χ1n) is 6.22. The normalized spacial score (nSPS) is 10.5. The third kappa shape index (κ3) is 2.83. The second kappa shape index (κ2) is 5.98. The minimum absolute atomic E-state index is 0.500. The van der Waals surface area contributed by atoms with E-state index in [0.29, 0.717) is 22.7 Å². The summed E-state index contributed by atoms with van der Waals surface area (Å²) >= 11 is 0. The van der Waals surface area contributed by atoms with Crippen LogP contribution in [-0.2, 0) is 0 Å². The molecule has 0 aliphatic rings. The molecule has 2 aromatic rings. The van der Waals surface area contributed by atoms with Gasteiger partial charge >= 0.3 is 0 Å². The van der Waals surface area contributed by atoms with Gasteiger partial charge in [0.15, 0.2) is 0 Å². The highest BCUT2D eigenvalue weighted by molar-refractivity contribution is 5.58. The van der Waals surface area contributed by atoms with Gasteiger partial charge in [-0.05, 0) is 43.2 Å². The van der Waals surface area contributed by atoms with E-state index in [9.17, 15) is 0 Å². The minimum Gasteiger partial charge on any atom is -0.494 e. The summed E-state index contributed by atoms with van der Waals surface area (Å²) in [7, 11) is 1.61. The maximum absolute atomic E-state index is 9.03. The Balaban J connectivity index is 2.44. The smallest absolute Gasteiger partial charge is 0.149 e. The molecule has 4 heteroatoms. The molecule has 0 fully saturated rings. The molecule has 0 bridgehead atoms. The number of ether oxygens (including phenoxy) is 1. The fraction of sp³-hybridized carbons (Fsp3) is 0.188. The molecule has 0 aromatic heterocycles. The van der Waals surface area contributed by atoms with Crippen molar-refractivity contribution >= 4 is 11.4 Å². The van der Waals surface area contributed by atoms with E-state index in [2.05, 4.69) is 16.3 Å². The zero-order chi connectivity index (χ0) is 14.5. The van der Waals surface area contributed by atoms with Crippen molar-refractivity contribution in [2.45, 2.75) is 13.8 Å². The van der Waals surface area contributed by atoms with Crippen LogP contribution in [0.2, 0.25) is 0 Å². The van der Waals surface area contributed by atoms with Gasteiger partial charge in [-0.2, -0.15) is 5.26 Å². The fourth-order valence-electron chi connectivity index (χ4n) is 2.03. The molecule has 0 atom stereocenters. The SMILES string of the molecule is COc1c(C)cc(C)cc1N=Nc1ccccc1C#N. The summed E-state index contributed by atoms with van der Waals surface area (Å²) in [6.07, 6.45) is 0. The Bertz CT molecular complexity index is 699. The lowest BCUT2D eigenvalue weighted by Gasteiger charge is -2.08. The van der Waals surface area contributed by atoms with Crippen LogP contribution in [-0.4, -0.2) is 7.11 Å². The van der Waals surface area contributed by atoms with Crippen molar-refractivity contribution in [1.82, 2.24) is 0 Å². The largest absolute Gasteiger partial charge is 0.494 e. The van der Waals surface area contributed by atoms with Crippen LogP contribution in [0.4, 0.5) is 11.4 Å². The lowest BCUT2D eigenvalue weighted by Crippen LogP contribution is -1.88. The first-order valence-corrected chi connectivity index (χ1v) is 6.22. The number of benzene rings is 2. The van der Waals surface area contributed by atoms with Crippen LogP contribution in [0.1, 0.15) is 16.7 Å². The molecule has 20 heavy (non-hydrogen) atoms. The van der Waals surface area contributed by atoms with E-state index in [1.807, 2.05) is 32.0 Å². The van der Waals surface area contributed by atoms with Gasteiger partial charge in [0.1, 0.15) is 23.2 Å². The van der Waals surface area contributed by atoms with Crippen molar-refractivity contribution in [2.75, 3.05) is 7.11 Å². The van der Waals surface area contributed by atoms with E-state index < -0.39 is 0 Å². The summed E-state index contributed by atoms with van der Waals surface area (Å²) in [5.41, 5.74) is 3.81. The third-order valence-electron chi connectivity index (χ3n) is 2.89. The molecule has 0 aliphatic heterocycles. The van der Waals surface area contributed by atoms with Crippen molar-refractivity contribution in [2.24, 2.45) is 10.2 Å². The quantitative estimate of drug-likeness (QED) is 0.761. The van der Waals surface area contributed by atoms with Crippen molar-refractivity contribution in [3.05, 3.63) is 53.1 Å². The first-order chi connectivity index (χ1) is 9.65. The number of methoxy groups -OCH3 is 1. The molecule has 4 nitrogen and oxygen atoms in total. The molecule has 0 N–H and O–H groups in total. The molecule has 2 rings (SSSR count). The molecule has 0 unspecified atom stereocenters. The Morgan fingerprint density at radius 3 is 2.45 bits per heavy atom. The molecular weight excluding hydrogens is 250 g/mol. The van der Waals surface area contributed by atoms with Crippen LogP contribution in [0.25, 0.3) is 0 Å². The predicted octanol–water partition coefficient (Wildman–Crippen LogP) is 4.60. The van der Waals surface area contributed by atoms with Crippen molar-refractivity contribution < 1.29 is 4.74 Å². The van der Waals surface area contributed by atoms with Gasteiger partial charge in [0, 0.05) is 0 Å². The predicted molar refractivity (Wildman–Crippen MR) is 77.8 cm³/mol. The zero-order valence-electron chi connectivity index (χ0n) is 11.7. The molecule has 0 aliphatic carbocycles. The molecule has 2 aromatic carbocycles. The van der Waals surface area contributed by atoms with Gasteiger partial charge in [0.05, 0.1) is 12.7 Å². The monoisotopic (exact) mass is 265 g/mol. The minimum atomic E-state index is 0.500. The van der Waals surface area contributed by atoms with Gasteiger partial charge in [0.2, 0.25) is 0 Å². The van der Waals surface area contributed by atoms with Gasteiger partial charge in [-0.3, -0.25) is 0 Å². The molecule has 0 radical (unpaired) electrons. The number of rotatable bonds is 3. The van der Waals surface area contributed by atoms with Crippen LogP contribution in [0.5, 0.6) is 5.75 Å². The van der Waals surface area contributed by atoms with E-state index in [1.54, 1.807) is 25.3 Å². The Kier molecular flexibility index (Phi) is 4.11. The fourth-order valence-corrected chi connectivity index (χ4v) is 2.03. The Morgan fingerprint density at radius 1 is 1.05 bits per heavy atom. The number of nitriles is 1. The Morgan fingerprint density at radius 2 is 1.75 bits per heavy atom. The van der Waals surface area contributed by atoms with E-state index in [0.717, 1.165) is 11.1 Å². The van der Waals surface area contributed by atoms with Crippen LogP contribution in [0.15, 0.2) is 46.6 Å². The molecule has 0 saturated heterocycles. The van der Waals surface area contributed by atoms with Gasteiger partial charge in [-0.15, -0.1) is 10.2 Å². The van der Waals surface area contributed by atoms with Crippen molar-refractivity contribution in [3.8, 4) is 11.8 Å². The number of hydrogen-bond acceptors (Lipinski definition) is 4. The summed E-state index contributed by atoms with van der Waals surface area (Å²) in [6.45, 7) is 3.96. The molecule has 0 spiro atoms. The van der Waals surface area contributed by atoms with Crippen LogP contribution in [0.3, 0.4) is 0 Å². The average Bonchev–Trinajstić information content (AvgIpc) is 2.45. The van der Waals surface area contributed by atoms with Crippen molar-refractivity contribution in [1.29, 1.82) is 5.26 Å². The first kappa shape index (κ1) is 13.8. The van der Waals surface area contributed by atoms with E-state index in [1.165, 1.54) is 0 Å². The van der Waals surface area contributed by atoms with Gasteiger partial charge in [-0.25, -0.2) is 0 Å². The van der Waals surface area contributed by atoms with Gasteiger partial charge < -0.3 is 4.74 Å². The number of hydrogen-bond donors (Lipinski definition) is 0.